The summed E-state index contributed by atoms with van der Waals surface area (Å²) in [6.45, 7) is 2.28. The molecular weight excluding hydrogens is 183 g/mol. The van der Waals surface area contributed by atoms with Gasteiger partial charge in [0.1, 0.15) is 0 Å². The number of hydrogen-bond donors (Lipinski definition) is 0. The van der Waals surface area contributed by atoms with E-state index >= 15 is 0 Å². The zero-order chi connectivity index (χ0) is 10.1. The Morgan fingerprint density at radius 1 is 1.50 bits per heavy atom. The molecule has 74 valence electrons. The predicted molar refractivity (Wildman–Crippen MR) is 51.8 cm³/mol. The average molecular weight is 194 g/mol. The Labute approximate surface area is 81.1 Å². The average Bonchev–Trinajstić information content (AvgIpc) is 2.50. The van der Waals surface area contributed by atoms with E-state index in [1.54, 1.807) is 17.0 Å². The molecule has 4 heteroatoms. The molecule has 0 fully saturated rings. The van der Waals surface area contributed by atoms with Crippen LogP contribution in [-0.4, -0.2) is 16.2 Å². The van der Waals surface area contributed by atoms with E-state index in [4.69, 9.17) is 4.74 Å². The van der Waals surface area contributed by atoms with Crippen molar-refractivity contribution in [3.8, 4) is 5.75 Å². The van der Waals surface area contributed by atoms with Crippen LogP contribution in [0.2, 0.25) is 0 Å². The third-order valence-electron chi connectivity index (χ3n) is 2.08. The number of imidazole rings is 1. The molecule has 0 spiro atoms. The minimum absolute atomic E-state index is 0.263. The van der Waals surface area contributed by atoms with Crippen molar-refractivity contribution in [2.45, 2.75) is 6.92 Å². The van der Waals surface area contributed by atoms with Gasteiger partial charge in [0, 0.05) is 19.2 Å². The van der Waals surface area contributed by atoms with Crippen LogP contribution < -0.4 is 4.74 Å². The van der Waals surface area contributed by atoms with Crippen molar-refractivity contribution in [1.82, 2.24) is 9.55 Å². The molecule has 0 aliphatic heterocycles. The Kier molecular flexibility index (Phi) is 2.11. The van der Waals surface area contributed by atoms with Gasteiger partial charge in [-0.1, -0.05) is 0 Å². The summed E-state index contributed by atoms with van der Waals surface area (Å²) < 4.78 is 20.3. The fraction of sp³-hybridized carbons (Fsp3) is 0.300. The summed E-state index contributed by atoms with van der Waals surface area (Å²) in [7, 11) is 1.83. The fourth-order valence-corrected chi connectivity index (χ4v) is 1.40. The lowest BCUT2D eigenvalue weighted by Gasteiger charge is -2.04. The molecule has 0 amide bonds. The second kappa shape index (κ2) is 3.29. The first-order valence-corrected chi connectivity index (χ1v) is 4.45. The molecule has 1 aromatic heterocycles. The van der Waals surface area contributed by atoms with E-state index in [0.29, 0.717) is 6.61 Å². The van der Waals surface area contributed by atoms with E-state index in [9.17, 15) is 4.39 Å². The van der Waals surface area contributed by atoms with Gasteiger partial charge in [-0.25, -0.2) is 9.37 Å². The van der Waals surface area contributed by atoms with Crippen LogP contribution in [0.15, 0.2) is 18.5 Å². The third-order valence-corrected chi connectivity index (χ3v) is 2.08. The van der Waals surface area contributed by atoms with Crippen molar-refractivity contribution in [1.29, 1.82) is 0 Å². The maximum absolute atomic E-state index is 13.4. The lowest BCUT2D eigenvalue weighted by Crippen LogP contribution is -1.95. The summed E-state index contributed by atoms with van der Waals surface area (Å²) in [5, 5.41) is 0. The molecule has 0 atom stereocenters. The number of hydrogen-bond acceptors (Lipinski definition) is 2. The highest BCUT2D eigenvalue weighted by molar-refractivity contribution is 5.77. The highest BCUT2D eigenvalue weighted by atomic mass is 19.1. The van der Waals surface area contributed by atoms with Gasteiger partial charge in [-0.2, -0.15) is 0 Å². The van der Waals surface area contributed by atoms with E-state index < -0.39 is 0 Å². The van der Waals surface area contributed by atoms with E-state index in [1.165, 1.54) is 6.07 Å². The number of nitrogens with zero attached hydrogens (tertiary/aromatic N) is 2. The van der Waals surface area contributed by atoms with Gasteiger partial charge in [-0.3, -0.25) is 0 Å². The van der Waals surface area contributed by atoms with Gasteiger partial charge in [-0.05, 0) is 6.92 Å². The van der Waals surface area contributed by atoms with Crippen LogP contribution in [0.25, 0.3) is 11.0 Å². The molecule has 0 unspecified atom stereocenters. The van der Waals surface area contributed by atoms with Gasteiger partial charge < -0.3 is 9.30 Å². The topological polar surface area (TPSA) is 27.1 Å². The maximum atomic E-state index is 13.4. The van der Waals surface area contributed by atoms with E-state index in [-0.39, 0.29) is 11.6 Å². The monoisotopic (exact) mass is 194 g/mol. The van der Waals surface area contributed by atoms with Crippen LogP contribution in [0.5, 0.6) is 5.75 Å². The summed E-state index contributed by atoms with van der Waals surface area (Å²) in [6.07, 6.45) is 1.65. The van der Waals surface area contributed by atoms with Crippen LogP contribution in [0.1, 0.15) is 6.92 Å². The van der Waals surface area contributed by atoms with Crippen LogP contribution in [-0.2, 0) is 7.05 Å². The number of fused-ring (bicyclic) bond motifs is 1. The summed E-state index contributed by atoms with van der Waals surface area (Å²) in [4.78, 5) is 4.12. The van der Waals surface area contributed by atoms with Crippen molar-refractivity contribution >= 4 is 11.0 Å². The summed E-state index contributed by atoms with van der Waals surface area (Å²) >= 11 is 0. The van der Waals surface area contributed by atoms with Crippen molar-refractivity contribution in [3.05, 3.63) is 24.3 Å². The lowest BCUT2D eigenvalue weighted by atomic mass is 10.3. The number of benzene rings is 1. The predicted octanol–water partition coefficient (Wildman–Crippen LogP) is 2.11. The summed E-state index contributed by atoms with van der Waals surface area (Å²) in [5.74, 6) is -0.0818. The zero-order valence-corrected chi connectivity index (χ0v) is 8.12. The summed E-state index contributed by atoms with van der Waals surface area (Å²) in [6, 6.07) is 3.06. The molecule has 0 aliphatic rings. The van der Waals surface area contributed by atoms with Gasteiger partial charge in [0.15, 0.2) is 11.6 Å². The molecular formula is C10H11FN2O. The Balaban J connectivity index is 2.60. The van der Waals surface area contributed by atoms with E-state index in [1.807, 2.05) is 14.0 Å². The first-order chi connectivity index (χ1) is 6.72. The second-order valence-electron chi connectivity index (χ2n) is 3.06. The second-order valence-corrected chi connectivity index (χ2v) is 3.06. The first-order valence-electron chi connectivity index (χ1n) is 4.45. The van der Waals surface area contributed by atoms with Crippen molar-refractivity contribution in [2.75, 3.05) is 6.61 Å². The van der Waals surface area contributed by atoms with Crippen LogP contribution in [0, 0.1) is 5.82 Å². The van der Waals surface area contributed by atoms with Gasteiger partial charge in [0.25, 0.3) is 0 Å². The van der Waals surface area contributed by atoms with Gasteiger partial charge in [0.05, 0.1) is 24.0 Å². The Hall–Kier alpha value is -1.58. The molecule has 2 aromatic rings. The number of aryl methyl sites for hydroxylation is 1. The maximum Gasteiger partial charge on any atom is 0.167 e. The van der Waals surface area contributed by atoms with Crippen molar-refractivity contribution < 1.29 is 9.13 Å². The van der Waals surface area contributed by atoms with Crippen LogP contribution >= 0.6 is 0 Å². The molecule has 2 rings (SSSR count). The largest absolute Gasteiger partial charge is 0.491 e. The number of aromatic nitrogens is 2. The Morgan fingerprint density at radius 3 is 3.00 bits per heavy atom. The van der Waals surface area contributed by atoms with Gasteiger partial charge in [0.2, 0.25) is 0 Å². The molecule has 0 radical (unpaired) electrons. The number of ether oxygens (including phenoxy) is 1. The molecule has 0 bridgehead atoms. The highest BCUT2D eigenvalue weighted by Gasteiger charge is 2.08. The van der Waals surface area contributed by atoms with Crippen LogP contribution in [0.4, 0.5) is 4.39 Å². The van der Waals surface area contributed by atoms with Crippen molar-refractivity contribution in [3.63, 3.8) is 0 Å². The summed E-state index contributed by atoms with van der Waals surface area (Å²) in [5.41, 5.74) is 1.52. The third kappa shape index (κ3) is 1.32. The minimum Gasteiger partial charge on any atom is -0.491 e. The first kappa shape index (κ1) is 8.99. The Morgan fingerprint density at radius 2 is 2.29 bits per heavy atom. The quantitative estimate of drug-likeness (QED) is 0.732. The van der Waals surface area contributed by atoms with Crippen molar-refractivity contribution in [2.24, 2.45) is 7.05 Å². The molecule has 1 aromatic carbocycles. The fourth-order valence-electron chi connectivity index (χ4n) is 1.40. The standard InChI is InChI=1S/C10H11FN2O/c1-3-14-10-5-8-9(4-7(10)11)13(2)6-12-8/h4-6H,3H2,1-2H3. The molecule has 0 aliphatic carbocycles. The van der Waals surface area contributed by atoms with E-state index in [2.05, 4.69) is 4.98 Å². The SMILES string of the molecule is CCOc1cc2ncn(C)c2cc1F. The van der Waals surface area contributed by atoms with E-state index in [0.717, 1.165) is 11.0 Å². The molecule has 0 saturated heterocycles. The normalized spacial score (nSPS) is 10.8. The number of halogens is 1. The molecule has 14 heavy (non-hydrogen) atoms. The molecule has 3 nitrogen and oxygen atoms in total. The molecule has 0 saturated carbocycles. The smallest absolute Gasteiger partial charge is 0.167 e. The highest BCUT2D eigenvalue weighted by Crippen LogP contribution is 2.23. The molecule has 1 heterocycles. The lowest BCUT2D eigenvalue weighted by molar-refractivity contribution is 0.322. The molecule has 0 N–H and O–H groups in total. The number of rotatable bonds is 2. The Bertz CT molecular complexity index is 464. The zero-order valence-electron chi connectivity index (χ0n) is 8.12. The minimum atomic E-state index is -0.344. The van der Waals surface area contributed by atoms with Crippen LogP contribution in [0.3, 0.4) is 0 Å². The van der Waals surface area contributed by atoms with Gasteiger partial charge >= 0.3 is 0 Å². The van der Waals surface area contributed by atoms with Gasteiger partial charge in [-0.15, -0.1) is 0 Å².